The fourth-order valence-electron chi connectivity index (χ4n) is 2.50. The third-order valence-corrected chi connectivity index (χ3v) is 3.50. The highest BCUT2D eigenvalue weighted by Gasteiger charge is 2.46. The first kappa shape index (κ1) is 16.7. The molecule has 3 nitrogen and oxygen atoms in total. The van der Waals surface area contributed by atoms with Crippen LogP contribution >= 0.6 is 0 Å². The van der Waals surface area contributed by atoms with E-state index in [0.717, 1.165) is 5.56 Å². The van der Waals surface area contributed by atoms with Gasteiger partial charge in [0, 0.05) is 5.92 Å². The molecule has 0 aliphatic heterocycles. The van der Waals surface area contributed by atoms with Crippen LogP contribution in [-0.4, -0.2) is 12.6 Å². The maximum atomic E-state index is 12.4. The average molecular weight is 283 g/mol. The van der Waals surface area contributed by atoms with E-state index < -0.39 is 11.4 Å². The van der Waals surface area contributed by atoms with Crippen molar-refractivity contribution < 1.29 is 9.53 Å². The SMILES string of the molecule is C=CCC(c1ccccc1)C(C#N)(CC=C)C(=O)OCC. The number of esters is 1. The molecule has 0 saturated heterocycles. The van der Waals surface area contributed by atoms with E-state index in [0.29, 0.717) is 6.42 Å². The van der Waals surface area contributed by atoms with Crippen molar-refractivity contribution in [2.24, 2.45) is 5.41 Å². The second kappa shape index (κ2) is 8.06. The fourth-order valence-corrected chi connectivity index (χ4v) is 2.50. The van der Waals surface area contributed by atoms with Crippen LogP contribution < -0.4 is 0 Å². The van der Waals surface area contributed by atoms with Gasteiger partial charge in [0.2, 0.25) is 0 Å². The van der Waals surface area contributed by atoms with Gasteiger partial charge in [0.15, 0.2) is 5.41 Å². The Bertz CT molecular complexity index is 530. The molecule has 0 fully saturated rings. The van der Waals surface area contributed by atoms with Gasteiger partial charge in [-0.15, -0.1) is 13.2 Å². The van der Waals surface area contributed by atoms with Crippen molar-refractivity contribution in [3.05, 3.63) is 61.2 Å². The number of rotatable bonds is 8. The van der Waals surface area contributed by atoms with Gasteiger partial charge in [0.05, 0.1) is 12.7 Å². The Hall–Kier alpha value is -2.34. The molecule has 1 rings (SSSR count). The molecule has 21 heavy (non-hydrogen) atoms. The smallest absolute Gasteiger partial charge is 0.327 e. The summed E-state index contributed by atoms with van der Waals surface area (Å²) in [5, 5.41) is 9.73. The van der Waals surface area contributed by atoms with Gasteiger partial charge < -0.3 is 4.74 Å². The highest BCUT2D eigenvalue weighted by atomic mass is 16.5. The third-order valence-electron chi connectivity index (χ3n) is 3.50. The molecule has 0 bridgehead atoms. The fraction of sp³-hybridized carbons (Fsp3) is 0.333. The van der Waals surface area contributed by atoms with Crippen LogP contribution in [0.15, 0.2) is 55.6 Å². The molecular weight excluding hydrogens is 262 g/mol. The number of hydrogen-bond donors (Lipinski definition) is 0. The Morgan fingerprint density at radius 1 is 1.38 bits per heavy atom. The average Bonchev–Trinajstić information content (AvgIpc) is 2.52. The molecule has 0 aromatic heterocycles. The van der Waals surface area contributed by atoms with E-state index in [1.165, 1.54) is 0 Å². The van der Waals surface area contributed by atoms with E-state index in [2.05, 4.69) is 19.2 Å². The van der Waals surface area contributed by atoms with E-state index in [-0.39, 0.29) is 18.9 Å². The first-order chi connectivity index (χ1) is 10.2. The quantitative estimate of drug-likeness (QED) is 0.535. The minimum absolute atomic E-state index is 0.245. The van der Waals surface area contributed by atoms with Gasteiger partial charge in [-0.3, -0.25) is 4.79 Å². The zero-order chi connectivity index (χ0) is 15.7. The summed E-state index contributed by atoms with van der Waals surface area (Å²) in [6.07, 6.45) is 4.09. The van der Waals surface area contributed by atoms with Crippen LogP contribution in [0.5, 0.6) is 0 Å². The van der Waals surface area contributed by atoms with Crippen molar-refractivity contribution in [2.45, 2.75) is 25.7 Å². The molecule has 1 aromatic carbocycles. The second-order valence-electron chi connectivity index (χ2n) is 4.78. The van der Waals surface area contributed by atoms with Crippen LogP contribution in [0.2, 0.25) is 0 Å². The zero-order valence-corrected chi connectivity index (χ0v) is 12.4. The highest BCUT2D eigenvalue weighted by molar-refractivity contribution is 5.82. The molecule has 0 aliphatic rings. The first-order valence-corrected chi connectivity index (χ1v) is 7.01. The van der Waals surface area contributed by atoms with Gasteiger partial charge in [-0.25, -0.2) is 0 Å². The molecule has 0 heterocycles. The van der Waals surface area contributed by atoms with Crippen LogP contribution in [0, 0.1) is 16.7 Å². The van der Waals surface area contributed by atoms with Gasteiger partial charge in [0.1, 0.15) is 0 Å². The van der Waals surface area contributed by atoms with Crippen LogP contribution in [0.4, 0.5) is 0 Å². The molecule has 2 atom stereocenters. The molecular formula is C18H21NO2. The normalized spacial score (nSPS) is 14.3. The van der Waals surface area contributed by atoms with Crippen molar-refractivity contribution in [2.75, 3.05) is 6.61 Å². The molecule has 0 radical (unpaired) electrons. The standard InChI is InChI=1S/C18H21NO2/c1-4-10-16(15-11-8-7-9-12-15)18(14-19,13-5-2)17(20)21-6-3/h4-5,7-9,11-12,16H,1-2,6,10,13H2,3H3. The highest BCUT2D eigenvalue weighted by Crippen LogP contribution is 2.42. The maximum absolute atomic E-state index is 12.4. The van der Waals surface area contributed by atoms with E-state index in [1.807, 2.05) is 30.3 Å². The van der Waals surface area contributed by atoms with E-state index >= 15 is 0 Å². The van der Waals surface area contributed by atoms with Gasteiger partial charge in [-0.1, -0.05) is 42.5 Å². The number of hydrogen-bond acceptors (Lipinski definition) is 3. The van der Waals surface area contributed by atoms with Gasteiger partial charge in [-0.2, -0.15) is 5.26 Å². The lowest BCUT2D eigenvalue weighted by molar-refractivity contribution is -0.153. The summed E-state index contributed by atoms with van der Waals surface area (Å²) >= 11 is 0. The largest absolute Gasteiger partial charge is 0.465 e. The molecule has 1 aromatic rings. The third kappa shape index (κ3) is 3.61. The molecule has 3 heteroatoms. The molecule has 0 amide bonds. The van der Waals surface area contributed by atoms with E-state index in [4.69, 9.17) is 4.74 Å². The van der Waals surface area contributed by atoms with E-state index in [9.17, 15) is 10.1 Å². The lowest BCUT2D eigenvalue weighted by atomic mass is 9.69. The van der Waals surface area contributed by atoms with E-state index in [1.54, 1.807) is 19.1 Å². The van der Waals surface area contributed by atoms with Gasteiger partial charge >= 0.3 is 5.97 Å². The summed E-state index contributed by atoms with van der Waals surface area (Å²) in [6, 6.07) is 11.7. The number of nitrogens with zero attached hydrogens (tertiary/aromatic N) is 1. The monoisotopic (exact) mass is 283 g/mol. The first-order valence-electron chi connectivity index (χ1n) is 7.01. The van der Waals surface area contributed by atoms with Crippen LogP contribution in [0.25, 0.3) is 0 Å². The lowest BCUT2D eigenvalue weighted by Crippen LogP contribution is -2.37. The maximum Gasteiger partial charge on any atom is 0.327 e. The molecule has 0 aliphatic carbocycles. The zero-order valence-electron chi connectivity index (χ0n) is 12.4. The number of ether oxygens (including phenoxy) is 1. The molecule has 110 valence electrons. The summed E-state index contributed by atoms with van der Waals surface area (Å²) in [6.45, 7) is 9.42. The van der Waals surface area contributed by atoms with Gasteiger partial charge in [0.25, 0.3) is 0 Å². The van der Waals surface area contributed by atoms with Crippen molar-refractivity contribution in [3.63, 3.8) is 0 Å². The predicted molar refractivity (Wildman–Crippen MR) is 83.5 cm³/mol. The van der Waals surface area contributed by atoms with Crippen LogP contribution in [0.3, 0.4) is 0 Å². The van der Waals surface area contributed by atoms with Crippen LogP contribution in [-0.2, 0) is 9.53 Å². The summed E-state index contributed by atoms with van der Waals surface area (Å²) in [5.41, 5.74) is -0.346. The Morgan fingerprint density at radius 3 is 2.52 bits per heavy atom. The second-order valence-corrected chi connectivity index (χ2v) is 4.78. The van der Waals surface area contributed by atoms with Crippen molar-refractivity contribution in [1.29, 1.82) is 5.26 Å². The van der Waals surface area contributed by atoms with Crippen molar-refractivity contribution in [1.82, 2.24) is 0 Å². The topological polar surface area (TPSA) is 50.1 Å². The minimum atomic E-state index is -1.27. The Balaban J connectivity index is 3.37. The summed E-state index contributed by atoms with van der Waals surface area (Å²) in [4.78, 5) is 12.4. The molecule has 0 spiro atoms. The Labute approximate surface area is 126 Å². The molecule has 2 unspecified atom stereocenters. The van der Waals surface area contributed by atoms with Crippen molar-refractivity contribution in [3.8, 4) is 6.07 Å². The number of carbonyl (C=O) groups excluding carboxylic acids is 1. The summed E-state index contributed by atoms with van der Waals surface area (Å²) in [5.74, 6) is -0.804. The number of benzene rings is 1. The minimum Gasteiger partial charge on any atom is -0.465 e. The number of allylic oxidation sites excluding steroid dienone is 2. The predicted octanol–water partition coefficient (Wildman–Crippen LogP) is 4.00. The molecule has 0 saturated carbocycles. The number of nitriles is 1. The van der Waals surface area contributed by atoms with Crippen molar-refractivity contribution >= 4 is 5.97 Å². The summed E-state index contributed by atoms with van der Waals surface area (Å²) in [7, 11) is 0. The number of carbonyl (C=O) groups is 1. The summed E-state index contributed by atoms with van der Waals surface area (Å²) < 4.78 is 5.16. The van der Waals surface area contributed by atoms with Gasteiger partial charge in [-0.05, 0) is 25.3 Å². The Kier molecular flexibility index (Phi) is 6.42. The van der Waals surface area contributed by atoms with Crippen LogP contribution in [0.1, 0.15) is 31.2 Å². The molecule has 0 N–H and O–H groups in total. The lowest BCUT2D eigenvalue weighted by Gasteiger charge is -2.32. The Morgan fingerprint density at radius 2 is 2.05 bits per heavy atom.